The van der Waals surface area contributed by atoms with E-state index in [1.807, 2.05) is 0 Å². The predicted octanol–water partition coefficient (Wildman–Crippen LogP) is 1.45. The van der Waals surface area contributed by atoms with Gasteiger partial charge in [0.25, 0.3) is 0 Å². The normalized spacial score (nSPS) is 16.2. The Hall–Kier alpha value is -1.70. The third kappa shape index (κ3) is 3.31. The van der Waals surface area contributed by atoms with Gasteiger partial charge in [-0.05, 0) is 24.6 Å². The van der Waals surface area contributed by atoms with Gasteiger partial charge in [0, 0.05) is 49.9 Å². The van der Waals surface area contributed by atoms with Crippen LogP contribution in [0.15, 0.2) is 24.3 Å². The Kier molecular flexibility index (Phi) is 4.33. The number of rotatable bonds is 4. The molecule has 1 saturated heterocycles. The molecule has 0 bridgehead atoms. The van der Waals surface area contributed by atoms with Crippen LogP contribution in [0.1, 0.15) is 11.3 Å². The van der Waals surface area contributed by atoms with Crippen LogP contribution < -0.4 is 16.2 Å². The third-order valence-electron chi connectivity index (χ3n) is 3.80. The zero-order chi connectivity index (χ0) is 14.7. The highest BCUT2D eigenvalue weighted by atomic mass is 32.1. The van der Waals surface area contributed by atoms with Crippen LogP contribution in [0.25, 0.3) is 0 Å². The minimum Gasteiger partial charge on any atom is -0.369 e. The largest absolute Gasteiger partial charge is 0.369 e. The Balaban J connectivity index is 1.58. The molecule has 0 amide bonds. The molecule has 0 spiro atoms. The topological polar surface area (TPSA) is 70.3 Å². The monoisotopic (exact) mass is 304 g/mol. The Labute approximate surface area is 128 Å². The van der Waals surface area contributed by atoms with Crippen molar-refractivity contribution in [2.24, 2.45) is 5.84 Å². The molecule has 3 N–H and O–H groups in total. The second kappa shape index (κ2) is 6.38. The van der Waals surface area contributed by atoms with E-state index in [0.717, 1.165) is 43.4 Å². The number of nitrogens with zero attached hydrogens (tertiary/aromatic N) is 4. The van der Waals surface area contributed by atoms with Crippen molar-refractivity contribution in [1.29, 1.82) is 0 Å². The van der Waals surface area contributed by atoms with E-state index in [0.29, 0.717) is 0 Å². The van der Waals surface area contributed by atoms with Gasteiger partial charge >= 0.3 is 0 Å². The zero-order valence-electron chi connectivity index (χ0n) is 12.1. The van der Waals surface area contributed by atoms with Gasteiger partial charge in [-0.1, -0.05) is 16.6 Å². The first kappa shape index (κ1) is 14.2. The molecule has 0 atom stereocenters. The first-order valence-electron chi connectivity index (χ1n) is 7.08. The van der Waals surface area contributed by atoms with E-state index in [9.17, 15) is 0 Å². The number of hydrazine groups is 1. The van der Waals surface area contributed by atoms with Gasteiger partial charge in [-0.3, -0.25) is 4.90 Å². The van der Waals surface area contributed by atoms with Gasteiger partial charge in [0.05, 0.1) is 0 Å². The molecule has 112 valence electrons. The number of nitrogen functional groups attached to an aromatic ring is 1. The number of hydrogen-bond acceptors (Lipinski definition) is 7. The average molecular weight is 304 g/mol. The van der Waals surface area contributed by atoms with Crippen LogP contribution in [0.2, 0.25) is 0 Å². The number of aromatic nitrogens is 2. The lowest BCUT2D eigenvalue weighted by molar-refractivity contribution is 0.247. The summed E-state index contributed by atoms with van der Waals surface area (Å²) in [6.45, 7) is 7.05. The molecule has 0 radical (unpaired) electrons. The Bertz CT molecular complexity index is 591. The summed E-state index contributed by atoms with van der Waals surface area (Å²) in [7, 11) is 0. The fourth-order valence-corrected chi connectivity index (χ4v) is 3.11. The highest BCUT2D eigenvalue weighted by Gasteiger charge is 2.19. The van der Waals surface area contributed by atoms with Gasteiger partial charge in [0.15, 0.2) is 0 Å². The SMILES string of the molecule is Cc1cccc(N2CCN(Cc3nnsc3NN)CC2)c1. The summed E-state index contributed by atoms with van der Waals surface area (Å²) in [5.74, 6) is 5.47. The van der Waals surface area contributed by atoms with Crippen LogP contribution in [-0.2, 0) is 6.54 Å². The zero-order valence-corrected chi connectivity index (χ0v) is 12.9. The van der Waals surface area contributed by atoms with Crippen LogP contribution in [0.3, 0.4) is 0 Å². The molecular weight excluding hydrogens is 284 g/mol. The summed E-state index contributed by atoms with van der Waals surface area (Å²) in [6.07, 6.45) is 0. The fourth-order valence-electron chi connectivity index (χ4n) is 2.62. The maximum absolute atomic E-state index is 5.47. The highest BCUT2D eigenvalue weighted by molar-refractivity contribution is 7.10. The molecule has 2 aromatic rings. The van der Waals surface area contributed by atoms with E-state index in [1.54, 1.807) is 0 Å². The lowest BCUT2D eigenvalue weighted by Crippen LogP contribution is -2.46. The summed E-state index contributed by atoms with van der Waals surface area (Å²) in [4.78, 5) is 4.83. The predicted molar refractivity (Wildman–Crippen MR) is 86.4 cm³/mol. The molecule has 1 aliphatic heterocycles. The Morgan fingerprint density at radius 1 is 1.29 bits per heavy atom. The Morgan fingerprint density at radius 2 is 2.10 bits per heavy atom. The molecular formula is C14H20N6S. The van der Waals surface area contributed by atoms with Crippen LogP contribution in [-0.4, -0.2) is 40.7 Å². The molecule has 1 aromatic heterocycles. The summed E-state index contributed by atoms with van der Waals surface area (Å²) < 4.78 is 3.94. The van der Waals surface area contributed by atoms with Gasteiger partial charge in [0.2, 0.25) is 0 Å². The average Bonchev–Trinajstić information content (AvgIpc) is 2.95. The number of nitrogens with one attached hydrogen (secondary N) is 1. The quantitative estimate of drug-likeness (QED) is 0.658. The molecule has 1 aliphatic rings. The maximum Gasteiger partial charge on any atom is 0.148 e. The van der Waals surface area contributed by atoms with E-state index in [4.69, 9.17) is 5.84 Å². The molecule has 1 fully saturated rings. The van der Waals surface area contributed by atoms with E-state index in [2.05, 4.69) is 56.0 Å². The molecule has 0 unspecified atom stereocenters. The van der Waals surface area contributed by atoms with Gasteiger partial charge in [0.1, 0.15) is 10.7 Å². The minimum atomic E-state index is 0.803. The number of hydrogen-bond donors (Lipinski definition) is 2. The smallest absolute Gasteiger partial charge is 0.148 e. The van der Waals surface area contributed by atoms with Crippen molar-refractivity contribution < 1.29 is 0 Å². The number of nitrogens with two attached hydrogens (primary N) is 1. The molecule has 0 saturated carbocycles. The number of benzene rings is 1. The van der Waals surface area contributed by atoms with Crippen molar-refractivity contribution in [2.75, 3.05) is 36.5 Å². The Morgan fingerprint density at radius 3 is 2.81 bits per heavy atom. The van der Waals surface area contributed by atoms with Crippen molar-refractivity contribution in [1.82, 2.24) is 14.5 Å². The van der Waals surface area contributed by atoms with Crippen LogP contribution in [0.5, 0.6) is 0 Å². The third-order valence-corrected chi connectivity index (χ3v) is 4.50. The first-order chi connectivity index (χ1) is 10.3. The van der Waals surface area contributed by atoms with Crippen LogP contribution >= 0.6 is 11.5 Å². The molecule has 6 nitrogen and oxygen atoms in total. The molecule has 0 aliphatic carbocycles. The van der Waals surface area contributed by atoms with Crippen molar-refractivity contribution >= 4 is 22.2 Å². The van der Waals surface area contributed by atoms with Crippen LogP contribution in [0.4, 0.5) is 10.7 Å². The van der Waals surface area contributed by atoms with Gasteiger partial charge in [-0.15, -0.1) is 5.10 Å². The van der Waals surface area contributed by atoms with E-state index in [1.165, 1.54) is 22.8 Å². The standard InChI is InChI=1S/C14H20N6S/c1-11-3-2-4-12(9-11)20-7-5-19(6-8-20)10-13-14(16-15)21-18-17-13/h2-4,9,16H,5-8,10,15H2,1H3. The lowest BCUT2D eigenvalue weighted by Gasteiger charge is -2.36. The first-order valence-corrected chi connectivity index (χ1v) is 7.85. The van der Waals surface area contributed by atoms with Crippen LogP contribution in [0, 0.1) is 6.92 Å². The molecule has 21 heavy (non-hydrogen) atoms. The molecule has 1 aromatic carbocycles. The van der Waals surface area contributed by atoms with E-state index < -0.39 is 0 Å². The summed E-state index contributed by atoms with van der Waals surface area (Å²) in [5.41, 5.74) is 6.22. The minimum absolute atomic E-state index is 0.803. The maximum atomic E-state index is 5.47. The summed E-state index contributed by atoms with van der Waals surface area (Å²) >= 11 is 1.30. The van der Waals surface area contributed by atoms with E-state index >= 15 is 0 Å². The van der Waals surface area contributed by atoms with E-state index in [-0.39, 0.29) is 0 Å². The van der Waals surface area contributed by atoms with Crippen molar-refractivity contribution in [3.63, 3.8) is 0 Å². The number of piperazine rings is 1. The van der Waals surface area contributed by atoms with Gasteiger partial charge < -0.3 is 10.3 Å². The highest BCUT2D eigenvalue weighted by Crippen LogP contribution is 2.21. The van der Waals surface area contributed by atoms with Gasteiger partial charge in [-0.25, -0.2) is 5.84 Å². The van der Waals surface area contributed by atoms with Crippen molar-refractivity contribution in [2.45, 2.75) is 13.5 Å². The molecule has 2 heterocycles. The lowest BCUT2D eigenvalue weighted by atomic mass is 10.2. The van der Waals surface area contributed by atoms with Crippen molar-refractivity contribution in [3.8, 4) is 0 Å². The van der Waals surface area contributed by atoms with Gasteiger partial charge in [-0.2, -0.15) is 0 Å². The molecule has 7 heteroatoms. The number of aryl methyl sites for hydroxylation is 1. The molecule has 3 rings (SSSR count). The second-order valence-electron chi connectivity index (χ2n) is 5.30. The van der Waals surface area contributed by atoms with Crippen molar-refractivity contribution in [3.05, 3.63) is 35.5 Å². The fraction of sp³-hybridized carbons (Fsp3) is 0.429. The summed E-state index contributed by atoms with van der Waals surface area (Å²) in [5, 5.41) is 5.00. The second-order valence-corrected chi connectivity index (χ2v) is 6.05. The number of anilines is 2. The summed E-state index contributed by atoms with van der Waals surface area (Å²) in [6, 6.07) is 8.69.